The van der Waals surface area contributed by atoms with E-state index in [1.807, 2.05) is 6.07 Å². The first-order valence-electron chi connectivity index (χ1n) is 10.8. The van der Waals surface area contributed by atoms with Crippen molar-refractivity contribution in [1.82, 2.24) is 19.6 Å². The number of amides is 3. The molecular weight excluding hydrogens is 414 g/mol. The standard InChI is InChI=1S/C22H27N5O5/c1-2-31-21(29)18-8-9-27(24-18)17-6-3-5-16(15-17)23-22(30)26-12-10-25(11-13-26)20(28)19-7-4-14-32-19/h3,5-6,8-9,15,19H,2,4,7,10-14H2,1H3,(H,23,30). The summed E-state index contributed by atoms with van der Waals surface area (Å²) in [5.74, 6) is -0.454. The fourth-order valence-electron chi connectivity index (χ4n) is 3.82. The summed E-state index contributed by atoms with van der Waals surface area (Å²) < 4.78 is 12.0. The van der Waals surface area contributed by atoms with Gasteiger partial charge < -0.3 is 24.6 Å². The van der Waals surface area contributed by atoms with E-state index >= 15 is 0 Å². The van der Waals surface area contributed by atoms with Crippen molar-refractivity contribution in [2.75, 3.05) is 44.7 Å². The summed E-state index contributed by atoms with van der Waals surface area (Å²) >= 11 is 0. The molecule has 3 amide bonds. The second-order valence-electron chi connectivity index (χ2n) is 7.66. The zero-order valence-electron chi connectivity index (χ0n) is 18.0. The van der Waals surface area contributed by atoms with E-state index in [2.05, 4.69) is 10.4 Å². The number of urea groups is 1. The molecule has 2 aromatic rings. The normalized spacial score (nSPS) is 18.5. The van der Waals surface area contributed by atoms with Crippen molar-refractivity contribution >= 4 is 23.6 Å². The van der Waals surface area contributed by atoms with E-state index in [1.165, 1.54) is 0 Å². The van der Waals surface area contributed by atoms with E-state index in [9.17, 15) is 14.4 Å². The van der Waals surface area contributed by atoms with Gasteiger partial charge in [-0.2, -0.15) is 5.10 Å². The van der Waals surface area contributed by atoms with Crippen molar-refractivity contribution in [1.29, 1.82) is 0 Å². The van der Waals surface area contributed by atoms with E-state index in [-0.39, 0.29) is 30.3 Å². The molecule has 1 aromatic carbocycles. The van der Waals surface area contributed by atoms with E-state index in [0.717, 1.165) is 12.8 Å². The van der Waals surface area contributed by atoms with Crippen LogP contribution in [0.2, 0.25) is 0 Å². The lowest BCUT2D eigenvalue weighted by molar-refractivity contribution is -0.142. The zero-order valence-corrected chi connectivity index (χ0v) is 18.0. The second-order valence-corrected chi connectivity index (χ2v) is 7.66. The highest BCUT2D eigenvalue weighted by Crippen LogP contribution is 2.18. The van der Waals surface area contributed by atoms with Crippen LogP contribution in [-0.2, 0) is 14.3 Å². The van der Waals surface area contributed by atoms with Gasteiger partial charge in [-0.3, -0.25) is 4.79 Å². The molecule has 2 fully saturated rings. The van der Waals surface area contributed by atoms with Crippen molar-refractivity contribution in [3.63, 3.8) is 0 Å². The molecule has 4 rings (SSSR count). The average molecular weight is 441 g/mol. The molecular formula is C22H27N5O5. The van der Waals surface area contributed by atoms with Crippen LogP contribution in [0, 0.1) is 0 Å². The summed E-state index contributed by atoms with van der Waals surface area (Å²) in [6, 6.07) is 8.55. The van der Waals surface area contributed by atoms with Crippen LogP contribution in [0.25, 0.3) is 5.69 Å². The first-order valence-corrected chi connectivity index (χ1v) is 10.8. The van der Waals surface area contributed by atoms with E-state index in [1.54, 1.807) is 51.9 Å². The molecule has 0 spiro atoms. The molecule has 3 heterocycles. The van der Waals surface area contributed by atoms with Crippen LogP contribution >= 0.6 is 0 Å². The van der Waals surface area contributed by atoms with E-state index in [0.29, 0.717) is 44.2 Å². The quantitative estimate of drug-likeness (QED) is 0.711. The lowest BCUT2D eigenvalue weighted by atomic mass is 10.2. The Kier molecular flexibility index (Phi) is 6.69. The molecule has 170 valence electrons. The van der Waals surface area contributed by atoms with Gasteiger partial charge in [0.2, 0.25) is 0 Å². The molecule has 1 N–H and O–H groups in total. The number of aromatic nitrogens is 2. The number of hydrogen-bond acceptors (Lipinski definition) is 6. The lowest BCUT2D eigenvalue weighted by Gasteiger charge is -2.35. The van der Waals surface area contributed by atoms with Gasteiger partial charge in [0.1, 0.15) is 6.10 Å². The third-order valence-corrected chi connectivity index (χ3v) is 5.52. The molecule has 32 heavy (non-hydrogen) atoms. The molecule has 1 unspecified atom stereocenters. The van der Waals surface area contributed by atoms with Gasteiger partial charge >= 0.3 is 12.0 Å². The van der Waals surface area contributed by atoms with E-state index in [4.69, 9.17) is 9.47 Å². The minimum atomic E-state index is -0.479. The largest absolute Gasteiger partial charge is 0.461 e. The van der Waals surface area contributed by atoms with Crippen molar-refractivity contribution in [3.8, 4) is 5.69 Å². The first kappa shape index (κ1) is 21.8. The minimum Gasteiger partial charge on any atom is -0.461 e. The predicted molar refractivity (Wildman–Crippen MR) is 116 cm³/mol. The highest BCUT2D eigenvalue weighted by atomic mass is 16.5. The molecule has 0 aliphatic carbocycles. The van der Waals surface area contributed by atoms with Crippen LogP contribution in [0.15, 0.2) is 36.5 Å². The van der Waals surface area contributed by atoms with Gasteiger partial charge in [-0.25, -0.2) is 14.3 Å². The summed E-state index contributed by atoms with van der Waals surface area (Å²) in [7, 11) is 0. The Bertz CT molecular complexity index is 977. The monoisotopic (exact) mass is 441 g/mol. The summed E-state index contributed by atoms with van der Waals surface area (Å²) in [5, 5.41) is 7.13. The Hall–Kier alpha value is -3.40. The number of hydrogen-bond donors (Lipinski definition) is 1. The van der Waals surface area contributed by atoms with Crippen LogP contribution in [0.5, 0.6) is 0 Å². The Balaban J connectivity index is 1.33. The molecule has 0 radical (unpaired) electrons. The average Bonchev–Trinajstić information content (AvgIpc) is 3.52. The summed E-state index contributed by atoms with van der Waals surface area (Å²) in [6.07, 6.45) is 3.02. The second kappa shape index (κ2) is 9.82. The number of nitrogens with zero attached hydrogens (tertiary/aromatic N) is 4. The molecule has 2 saturated heterocycles. The van der Waals surface area contributed by atoms with Crippen LogP contribution in [-0.4, -0.2) is 83.0 Å². The SMILES string of the molecule is CCOC(=O)c1ccn(-c2cccc(NC(=O)N3CCN(C(=O)C4CCCO4)CC3)c2)n1. The van der Waals surface area contributed by atoms with Gasteiger partial charge in [0.25, 0.3) is 5.91 Å². The Morgan fingerprint density at radius 1 is 1.16 bits per heavy atom. The van der Waals surface area contributed by atoms with Crippen LogP contribution in [0.3, 0.4) is 0 Å². The van der Waals surface area contributed by atoms with Gasteiger partial charge in [0, 0.05) is 44.7 Å². The highest BCUT2D eigenvalue weighted by Gasteiger charge is 2.31. The predicted octanol–water partition coefficient (Wildman–Crippen LogP) is 1.90. The molecule has 2 aliphatic rings. The number of benzene rings is 1. The fourth-order valence-corrected chi connectivity index (χ4v) is 3.82. The molecule has 10 heteroatoms. The fraction of sp³-hybridized carbons (Fsp3) is 0.455. The Labute approximate surface area is 186 Å². The lowest BCUT2D eigenvalue weighted by Crippen LogP contribution is -2.53. The van der Waals surface area contributed by atoms with Gasteiger partial charge in [0.15, 0.2) is 5.69 Å². The highest BCUT2D eigenvalue weighted by molar-refractivity contribution is 5.90. The number of ether oxygens (including phenoxy) is 2. The van der Waals surface area contributed by atoms with Gasteiger partial charge in [-0.1, -0.05) is 6.07 Å². The number of carbonyl (C=O) groups excluding carboxylic acids is 3. The third kappa shape index (κ3) is 4.91. The molecule has 0 bridgehead atoms. The Morgan fingerprint density at radius 3 is 2.66 bits per heavy atom. The number of anilines is 1. The van der Waals surface area contributed by atoms with Crippen LogP contribution in [0.4, 0.5) is 10.5 Å². The van der Waals surface area contributed by atoms with Crippen molar-refractivity contribution in [3.05, 3.63) is 42.2 Å². The molecule has 2 aliphatic heterocycles. The summed E-state index contributed by atoms with van der Waals surface area (Å²) in [6.45, 7) is 4.58. The zero-order chi connectivity index (χ0) is 22.5. The van der Waals surface area contributed by atoms with Crippen LogP contribution in [0.1, 0.15) is 30.3 Å². The third-order valence-electron chi connectivity index (χ3n) is 5.52. The molecule has 1 atom stereocenters. The molecule has 0 saturated carbocycles. The number of carbonyl (C=O) groups is 3. The number of rotatable bonds is 5. The van der Waals surface area contributed by atoms with Gasteiger partial charge in [0.05, 0.1) is 12.3 Å². The molecule has 10 nitrogen and oxygen atoms in total. The maximum atomic E-state index is 12.7. The van der Waals surface area contributed by atoms with Gasteiger partial charge in [-0.15, -0.1) is 0 Å². The Morgan fingerprint density at radius 2 is 1.94 bits per heavy atom. The maximum Gasteiger partial charge on any atom is 0.358 e. The van der Waals surface area contributed by atoms with Crippen LogP contribution < -0.4 is 5.32 Å². The number of esters is 1. The maximum absolute atomic E-state index is 12.7. The minimum absolute atomic E-state index is 0.0247. The summed E-state index contributed by atoms with van der Waals surface area (Å²) in [4.78, 5) is 40.5. The first-order chi connectivity index (χ1) is 15.5. The number of piperazine rings is 1. The van der Waals surface area contributed by atoms with Crippen molar-refractivity contribution < 1.29 is 23.9 Å². The van der Waals surface area contributed by atoms with Crippen molar-refractivity contribution in [2.45, 2.75) is 25.9 Å². The summed E-state index contributed by atoms with van der Waals surface area (Å²) in [5.41, 5.74) is 1.53. The topological polar surface area (TPSA) is 106 Å². The number of nitrogens with one attached hydrogen (secondary N) is 1. The van der Waals surface area contributed by atoms with Crippen molar-refractivity contribution in [2.24, 2.45) is 0 Å². The van der Waals surface area contributed by atoms with Gasteiger partial charge in [-0.05, 0) is 44.0 Å². The van der Waals surface area contributed by atoms with E-state index < -0.39 is 5.97 Å². The molecule has 1 aromatic heterocycles. The smallest absolute Gasteiger partial charge is 0.358 e.